The number of nitrogens with zero attached hydrogens (tertiary/aromatic N) is 3. The van der Waals surface area contributed by atoms with E-state index in [0.29, 0.717) is 18.7 Å². The number of esters is 1. The van der Waals surface area contributed by atoms with E-state index in [1.807, 2.05) is 12.1 Å². The van der Waals surface area contributed by atoms with Gasteiger partial charge in [0.25, 0.3) is 0 Å². The normalized spacial score (nSPS) is 17.6. The summed E-state index contributed by atoms with van der Waals surface area (Å²) >= 11 is 0. The molecule has 0 atom stereocenters. The zero-order valence-electron chi connectivity index (χ0n) is 9.19. The van der Waals surface area contributed by atoms with E-state index >= 15 is 0 Å². The minimum atomic E-state index is -0.593. The molecule has 0 saturated carbocycles. The summed E-state index contributed by atoms with van der Waals surface area (Å²) < 4.78 is 4.80. The number of likely N-dealkylation sites (tertiary alicyclic amines) is 1. The van der Waals surface area contributed by atoms with Gasteiger partial charge < -0.3 is 9.64 Å². The minimum Gasteiger partial charge on any atom is -0.462 e. The number of carbonyl (C=O) groups excluding carboxylic acids is 1. The highest BCUT2D eigenvalue weighted by atomic mass is 16.5. The first-order valence-electron chi connectivity index (χ1n) is 5.16. The van der Waals surface area contributed by atoms with E-state index in [0.717, 1.165) is 6.42 Å². The van der Waals surface area contributed by atoms with E-state index < -0.39 is 5.97 Å². The van der Waals surface area contributed by atoms with Crippen molar-refractivity contribution in [3.8, 4) is 12.1 Å². The maximum Gasteiger partial charge on any atom is 0.350 e. The largest absolute Gasteiger partial charge is 0.462 e. The predicted octanol–water partition coefficient (Wildman–Crippen LogP) is 0.947. The number of allylic oxidation sites excluding steroid dienone is 1. The first-order valence-corrected chi connectivity index (χ1v) is 5.16. The summed E-state index contributed by atoms with van der Waals surface area (Å²) in [5, 5.41) is 17.6. The van der Waals surface area contributed by atoms with Crippen LogP contribution < -0.4 is 0 Å². The van der Waals surface area contributed by atoms with Crippen LogP contribution in [-0.4, -0.2) is 30.6 Å². The summed E-state index contributed by atoms with van der Waals surface area (Å²) in [5.41, 5.74) is 0.678. The number of ether oxygens (including phenoxy) is 1. The minimum absolute atomic E-state index is 0.0367. The molecule has 1 fully saturated rings. The Bertz CT molecular complexity index is 387. The molecule has 0 bridgehead atoms. The van der Waals surface area contributed by atoms with Gasteiger partial charge in [-0.2, -0.15) is 10.5 Å². The van der Waals surface area contributed by atoms with Crippen LogP contribution in [0.1, 0.15) is 19.8 Å². The fourth-order valence-corrected chi connectivity index (χ4v) is 1.70. The zero-order chi connectivity index (χ0) is 12.0. The number of rotatable bonds is 3. The lowest BCUT2D eigenvalue weighted by molar-refractivity contribution is -0.138. The van der Waals surface area contributed by atoms with Gasteiger partial charge in [-0.15, -0.1) is 0 Å². The molecule has 5 heteroatoms. The molecule has 5 nitrogen and oxygen atoms in total. The lowest BCUT2D eigenvalue weighted by Gasteiger charge is -2.16. The Labute approximate surface area is 94.5 Å². The Morgan fingerprint density at radius 3 is 2.88 bits per heavy atom. The van der Waals surface area contributed by atoms with E-state index in [-0.39, 0.29) is 18.7 Å². The summed E-state index contributed by atoms with van der Waals surface area (Å²) in [7, 11) is 0. The molecule has 0 aromatic rings. The molecule has 1 aliphatic heterocycles. The van der Waals surface area contributed by atoms with Crippen molar-refractivity contribution < 1.29 is 9.53 Å². The fraction of sp³-hybridized carbons (Fsp3) is 0.545. The Morgan fingerprint density at radius 1 is 1.56 bits per heavy atom. The Balaban J connectivity index is 2.95. The van der Waals surface area contributed by atoms with Crippen molar-refractivity contribution in [3.05, 3.63) is 11.3 Å². The van der Waals surface area contributed by atoms with Crippen molar-refractivity contribution in [1.29, 1.82) is 10.5 Å². The molecule has 0 aromatic heterocycles. The molecular weight excluding hydrogens is 206 g/mol. The maximum atomic E-state index is 11.5. The van der Waals surface area contributed by atoms with Crippen LogP contribution in [0.4, 0.5) is 0 Å². The summed E-state index contributed by atoms with van der Waals surface area (Å²) in [6.45, 7) is 2.86. The van der Waals surface area contributed by atoms with E-state index in [1.54, 1.807) is 11.8 Å². The molecular formula is C11H13N3O2. The van der Waals surface area contributed by atoms with E-state index in [2.05, 4.69) is 0 Å². The highest BCUT2D eigenvalue weighted by Gasteiger charge is 2.25. The average molecular weight is 219 g/mol. The second kappa shape index (κ2) is 5.77. The van der Waals surface area contributed by atoms with Crippen molar-refractivity contribution in [3.63, 3.8) is 0 Å². The Hall–Kier alpha value is -2.01. The molecule has 1 saturated heterocycles. The predicted molar refractivity (Wildman–Crippen MR) is 55.7 cm³/mol. The average Bonchev–Trinajstić information content (AvgIpc) is 2.69. The van der Waals surface area contributed by atoms with Gasteiger partial charge in [-0.05, 0) is 19.8 Å². The van der Waals surface area contributed by atoms with Gasteiger partial charge >= 0.3 is 5.97 Å². The van der Waals surface area contributed by atoms with Crippen molar-refractivity contribution in [2.24, 2.45) is 0 Å². The number of carbonyl (C=O) groups is 1. The van der Waals surface area contributed by atoms with Crippen LogP contribution in [0.15, 0.2) is 11.3 Å². The standard InChI is InChI=1S/C11H13N3O2/c1-2-16-11(15)9(8-13)10-4-3-6-14(10)7-5-12/h2-4,6-7H2,1H3/b10-9+. The zero-order valence-corrected chi connectivity index (χ0v) is 9.19. The fourth-order valence-electron chi connectivity index (χ4n) is 1.70. The molecule has 0 unspecified atom stereocenters. The molecule has 0 amide bonds. The topological polar surface area (TPSA) is 77.1 Å². The van der Waals surface area contributed by atoms with Crippen molar-refractivity contribution in [2.45, 2.75) is 19.8 Å². The van der Waals surface area contributed by atoms with Crippen LogP contribution in [0.5, 0.6) is 0 Å². The highest BCUT2D eigenvalue weighted by molar-refractivity contribution is 5.93. The first-order chi connectivity index (χ1) is 7.74. The van der Waals surface area contributed by atoms with Gasteiger partial charge in [0.05, 0.1) is 12.7 Å². The third kappa shape index (κ3) is 2.52. The van der Waals surface area contributed by atoms with Crippen LogP contribution >= 0.6 is 0 Å². The second-order valence-corrected chi connectivity index (χ2v) is 3.34. The summed E-state index contributed by atoms with van der Waals surface area (Å²) in [5.74, 6) is -0.593. The lowest BCUT2D eigenvalue weighted by Crippen LogP contribution is -2.21. The van der Waals surface area contributed by atoms with Crippen LogP contribution in [0.25, 0.3) is 0 Å². The van der Waals surface area contributed by atoms with Gasteiger partial charge in [-0.3, -0.25) is 0 Å². The molecule has 1 aliphatic rings. The van der Waals surface area contributed by atoms with Gasteiger partial charge in [-0.25, -0.2) is 4.79 Å². The Kier molecular flexibility index (Phi) is 4.35. The van der Waals surface area contributed by atoms with Crippen molar-refractivity contribution >= 4 is 5.97 Å². The summed E-state index contributed by atoms with van der Waals surface area (Å²) in [6, 6.07) is 3.89. The van der Waals surface area contributed by atoms with E-state index in [4.69, 9.17) is 15.3 Å². The summed E-state index contributed by atoms with van der Waals surface area (Å²) in [4.78, 5) is 13.3. The number of nitriles is 2. The SMILES string of the molecule is CCOC(=O)/C(C#N)=C1\CCCN1CC#N. The van der Waals surface area contributed by atoms with Crippen LogP contribution in [0, 0.1) is 22.7 Å². The maximum absolute atomic E-state index is 11.5. The molecule has 1 rings (SSSR count). The molecule has 16 heavy (non-hydrogen) atoms. The quantitative estimate of drug-likeness (QED) is 0.305. The van der Waals surface area contributed by atoms with E-state index in [1.165, 1.54) is 0 Å². The third-order valence-corrected chi connectivity index (χ3v) is 2.36. The first kappa shape index (κ1) is 12.1. The molecule has 0 radical (unpaired) electrons. The number of hydrogen-bond donors (Lipinski definition) is 0. The monoisotopic (exact) mass is 219 g/mol. The molecule has 0 spiro atoms. The van der Waals surface area contributed by atoms with Gasteiger partial charge in [0, 0.05) is 12.2 Å². The smallest absolute Gasteiger partial charge is 0.350 e. The molecule has 0 N–H and O–H groups in total. The third-order valence-electron chi connectivity index (χ3n) is 2.36. The van der Waals surface area contributed by atoms with Crippen LogP contribution in [0.2, 0.25) is 0 Å². The van der Waals surface area contributed by atoms with Crippen LogP contribution in [0.3, 0.4) is 0 Å². The van der Waals surface area contributed by atoms with Gasteiger partial charge in [-0.1, -0.05) is 0 Å². The lowest BCUT2D eigenvalue weighted by atomic mass is 10.2. The molecule has 0 aliphatic carbocycles. The Morgan fingerprint density at radius 2 is 2.31 bits per heavy atom. The van der Waals surface area contributed by atoms with Gasteiger partial charge in [0.15, 0.2) is 5.57 Å². The van der Waals surface area contributed by atoms with Gasteiger partial charge in [0.1, 0.15) is 12.6 Å². The van der Waals surface area contributed by atoms with Crippen molar-refractivity contribution in [1.82, 2.24) is 4.90 Å². The van der Waals surface area contributed by atoms with E-state index in [9.17, 15) is 4.79 Å². The summed E-state index contributed by atoms with van der Waals surface area (Å²) in [6.07, 6.45) is 1.52. The number of hydrogen-bond acceptors (Lipinski definition) is 5. The second-order valence-electron chi connectivity index (χ2n) is 3.34. The van der Waals surface area contributed by atoms with Gasteiger partial charge in [0.2, 0.25) is 0 Å². The van der Waals surface area contributed by atoms with Crippen molar-refractivity contribution in [2.75, 3.05) is 19.7 Å². The molecule has 84 valence electrons. The molecule has 1 heterocycles. The molecule has 0 aromatic carbocycles. The highest BCUT2D eigenvalue weighted by Crippen LogP contribution is 2.24. The van der Waals surface area contributed by atoms with Crippen LogP contribution in [-0.2, 0) is 9.53 Å².